The van der Waals surface area contributed by atoms with Gasteiger partial charge in [-0.2, -0.15) is 0 Å². The van der Waals surface area contributed by atoms with Crippen LogP contribution in [0, 0.1) is 12.7 Å². The first kappa shape index (κ1) is 14.9. The number of hydrogen-bond acceptors (Lipinski definition) is 2. The predicted octanol–water partition coefficient (Wildman–Crippen LogP) is 2.56. The molecule has 5 heteroatoms. The van der Waals surface area contributed by atoms with E-state index in [2.05, 4.69) is 10.3 Å². The highest BCUT2D eigenvalue weighted by Crippen LogP contribution is 2.24. The summed E-state index contributed by atoms with van der Waals surface area (Å²) in [6, 6.07) is 10.5. The number of rotatable bonds is 1. The van der Waals surface area contributed by atoms with Crippen molar-refractivity contribution in [2.45, 2.75) is 26.3 Å². The molecule has 0 fully saturated rings. The van der Waals surface area contributed by atoms with Crippen molar-refractivity contribution in [1.29, 1.82) is 0 Å². The van der Waals surface area contributed by atoms with Crippen molar-refractivity contribution in [3.63, 3.8) is 0 Å². The van der Waals surface area contributed by atoms with Crippen LogP contribution in [0.15, 0.2) is 42.7 Å². The molecule has 0 amide bonds. The van der Waals surface area contributed by atoms with Crippen molar-refractivity contribution in [3.05, 3.63) is 64.5 Å². The molecule has 122 valence electrons. The lowest BCUT2D eigenvalue weighted by Gasteiger charge is -2.31. The van der Waals surface area contributed by atoms with Crippen LogP contribution >= 0.6 is 0 Å². The lowest BCUT2D eigenvalue weighted by atomic mass is 9.97. The summed E-state index contributed by atoms with van der Waals surface area (Å²) in [5, 5.41) is 3.71. The Morgan fingerprint density at radius 2 is 1.83 bits per heavy atom. The van der Waals surface area contributed by atoms with Gasteiger partial charge in [0.1, 0.15) is 23.8 Å². The predicted molar refractivity (Wildman–Crippen MR) is 90.7 cm³/mol. The standard InChI is InChI=1S/C19H17F2N3/c1-11-6-4-9-14-16(11)22-10-24(14)18-12-7-5-8-13(20)15(12)17(21)19(2,3)23-18/h4-10,23H,1-3H3. The first-order valence-corrected chi connectivity index (χ1v) is 7.80. The highest BCUT2D eigenvalue weighted by molar-refractivity contribution is 5.82. The van der Waals surface area contributed by atoms with Crippen molar-refractivity contribution in [3.8, 4) is 0 Å². The maximum absolute atomic E-state index is 14.8. The van der Waals surface area contributed by atoms with Crippen LogP contribution in [0.5, 0.6) is 0 Å². The van der Waals surface area contributed by atoms with Gasteiger partial charge in [-0.1, -0.05) is 24.3 Å². The zero-order chi connectivity index (χ0) is 17.1. The maximum atomic E-state index is 14.8. The third-order valence-corrected chi connectivity index (χ3v) is 4.49. The van der Waals surface area contributed by atoms with Crippen molar-refractivity contribution in [2.75, 3.05) is 0 Å². The van der Waals surface area contributed by atoms with Gasteiger partial charge >= 0.3 is 0 Å². The van der Waals surface area contributed by atoms with E-state index in [1.165, 1.54) is 6.07 Å². The van der Waals surface area contributed by atoms with Crippen molar-refractivity contribution >= 4 is 22.7 Å². The molecule has 3 nitrogen and oxygen atoms in total. The van der Waals surface area contributed by atoms with Gasteiger partial charge in [-0.3, -0.25) is 4.57 Å². The molecule has 0 unspecified atom stereocenters. The van der Waals surface area contributed by atoms with E-state index >= 15 is 0 Å². The van der Waals surface area contributed by atoms with Crippen LogP contribution in [-0.4, -0.2) is 15.1 Å². The summed E-state index contributed by atoms with van der Waals surface area (Å²) in [6.45, 7) is 5.38. The van der Waals surface area contributed by atoms with Crippen LogP contribution in [0.4, 0.5) is 8.78 Å². The Morgan fingerprint density at radius 1 is 1.08 bits per heavy atom. The van der Waals surface area contributed by atoms with Gasteiger partial charge in [0.2, 0.25) is 0 Å². The van der Waals surface area contributed by atoms with Gasteiger partial charge in [0, 0.05) is 5.22 Å². The third-order valence-electron chi connectivity index (χ3n) is 4.49. The van der Waals surface area contributed by atoms with Crippen LogP contribution in [0.3, 0.4) is 0 Å². The number of nitrogens with one attached hydrogen (secondary N) is 1. The minimum Gasteiger partial charge on any atom is -0.359 e. The van der Waals surface area contributed by atoms with Gasteiger partial charge in [0.15, 0.2) is 0 Å². The lowest BCUT2D eigenvalue weighted by molar-refractivity contribution is 0.471. The summed E-state index contributed by atoms with van der Waals surface area (Å²) in [5.74, 6) is -0.429. The largest absolute Gasteiger partial charge is 0.359 e. The molecular weight excluding hydrogens is 308 g/mol. The van der Waals surface area contributed by atoms with E-state index in [0.717, 1.165) is 16.6 Å². The Balaban J connectivity index is 2.17. The highest BCUT2D eigenvalue weighted by Gasteiger charge is 2.31. The van der Waals surface area contributed by atoms with E-state index in [1.807, 2.05) is 29.7 Å². The quantitative estimate of drug-likeness (QED) is 0.745. The minimum atomic E-state index is -1.01. The first-order chi connectivity index (χ1) is 11.4. The Morgan fingerprint density at radius 3 is 2.62 bits per heavy atom. The molecule has 1 aliphatic rings. The summed E-state index contributed by atoms with van der Waals surface area (Å²) in [4.78, 5) is 4.46. The number of aromatic nitrogens is 2. The number of fused-ring (bicyclic) bond motifs is 2. The lowest BCUT2D eigenvalue weighted by Crippen LogP contribution is -2.53. The second kappa shape index (κ2) is 4.90. The second-order valence-corrected chi connectivity index (χ2v) is 6.63. The Labute approximate surface area is 137 Å². The van der Waals surface area contributed by atoms with Gasteiger partial charge in [-0.25, -0.2) is 13.8 Å². The molecule has 0 saturated carbocycles. The number of halogens is 2. The normalized spacial score (nSPS) is 16.2. The molecule has 1 aliphatic heterocycles. The molecule has 4 rings (SSSR count). The molecule has 0 atom stereocenters. The van der Waals surface area contributed by atoms with Gasteiger partial charge in [0.05, 0.1) is 21.8 Å². The van der Waals surface area contributed by atoms with Crippen LogP contribution in [0.2, 0.25) is 0 Å². The zero-order valence-electron chi connectivity index (χ0n) is 13.7. The average molecular weight is 325 g/mol. The Hall–Kier alpha value is -2.69. The topological polar surface area (TPSA) is 29.9 Å². The summed E-state index contributed by atoms with van der Waals surface area (Å²) < 4.78 is 31.0. The molecule has 0 spiro atoms. The summed E-state index contributed by atoms with van der Waals surface area (Å²) in [6.07, 6.45) is 1.69. The minimum absolute atomic E-state index is 0.0192. The van der Waals surface area contributed by atoms with Crippen molar-refractivity contribution in [2.24, 2.45) is 0 Å². The number of nitrogens with zero attached hydrogens (tertiary/aromatic N) is 2. The van der Waals surface area contributed by atoms with E-state index in [1.54, 1.807) is 32.3 Å². The van der Waals surface area contributed by atoms with E-state index in [9.17, 15) is 8.78 Å². The summed E-state index contributed by atoms with van der Waals surface area (Å²) in [5.41, 5.74) is 1.81. The molecule has 2 heterocycles. The van der Waals surface area contributed by atoms with Crippen LogP contribution in [-0.2, 0) is 0 Å². The molecule has 2 aromatic carbocycles. The van der Waals surface area contributed by atoms with Gasteiger partial charge in [0.25, 0.3) is 0 Å². The van der Waals surface area contributed by atoms with Gasteiger partial charge in [-0.05, 0) is 38.5 Å². The molecule has 1 aromatic heterocycles. The second-order valence-electron chi connectivity index (χ2n) is 6.63. The van der Waals surface area contributed by atoms with E-state index < -0.39 is 17.2 Å². The smallest absolute Gasteiger partial charge is 0.136 e. The Kier molecular flexibility index (Phi) is 3.04. The molecular formula is C19H17F2N3. The third kappa shape index (κ3) is 1.97. The molecule has 3 aromatic rings. The molecule has 24 heavy (non-hydrogen) atoms. The fraction of sp³-hybridized carbons (Fsp3) is 0.211. The van der Waals surface area contributed by atoms with Crippen LogP contribution in [0.1, 0.15) is 19.4 Å². The van der Waals surface area contributed by atoms with Gasteiger partial charge in [-0.15, -0.1) is 0 Å². The van der Waals surface area contributed by atoms with Crippen LogP contribution < -0.4 is 15.8 Å². The molecule has 0 bridgehead atoms. The number of imidazole rings is 1. The van der Waals surface area contributed by atoms with Crippen molar-refractivity contribution in [1.82, 2.24) is 14.9 Å². The number of benzene rings is 2. The van der Waals surface area contributed by atoms with E-state index in [0.29, 0.717) is 11.0 Å². The first-order valence-electron chi connectivity index (χ1n) is 7.80. The Bertz CT molecular complexity index is 1090. The van der Waals surface area contributed by atoms with Crippen molar-refractivity contribution < 1.29 is 8.78 Å². The van der Waals surface area contributed by atoms with Gasteiger partial charge < -0.3 is 5.32 Å². The fourth-order valence-electron chi connectivity index (χ4n) is 3.23. The van der Waals surface area contributed by atoms with E-state index in [4.69, 9.17) is 0 Å². The SMILES string of the molecule is Cc1cccc2c1ncn2C1=c2cccc(F)c2=C(F)C(C)(C)N1. The number of hydrogen-bond donors (Lipinski definition) is 1. The zero-order valence-corrected chi connectivity index (χ0v) is 13.7. The average Bonchev–Trinajstić information content (AvgIpc) is 2.96. The maximum Gasteiger partial charge on any atom is 0.136 e. The number of para-hydroxylation sites is 1. The molecule has 0 saturated heterocycles. The number of aryl methyl sites for hydroxylation is 1. The summed E-state index contributed by atoms with van der Waals surface area (Å²) >= 11 is 0. The summed E-state index contributed by atoms with van der Waals surface area (Å²) in [7, 11) is 0. The molecule has 0 aliphatic carbocycles. The monoisotopic (exact) mass is 325 g/mol. The van der Waals surface area contributed by atoms with E-state index in [-0.39, 0.29) is 5.22 Å². The molecule has 0 radical (unpaired) electrons. The highest BCUT2D eigenvalue weighted by atomic mass is 19.1. The fourth-order valence-corrected chi connectivity index (χ4v) is 3.23. The van der Waals surface area contributed by atoms with Crippen LogP contribution in [0.25, 0.3) is 22.7 Å². The molecule has 1 N–H and O–H groups in total.